The van der Waals surface area contributed by atoms with E-state index in [1.807, 2.05) is 24.3 Å². The predicted octanol–water partition coefficient (Wildman–Crippen LogP) is 4.60. The first-order valence-electron chi connectivity index (χ1n) is 9.76. The predicted molar refractivity (Wildman–Crippen MR) is 116 cm³/mol. The van der Waals surface area contributed by atoms with E-state index in [1.54, 1.807) is 0 Å². The van der Waals surface area contributed by atoms with Crippen molar-refractivity contribution in [1.29, 1.82) is 0 Å². The van der Waals surface area contributed by atoms with Crippen LogP contribution in [0.5, 0.6) is 0 Å². The van der Waals surface area contributed by atoms with Crippen LogP contribution in [-0.2, 0) is 20.1 Å². The van der Waals surface area contributed by atoms with Gasteiger partial charge >= 0.3 is 0 Å². The van der Waals surface area contributed by atoms with E-state index in [2.05, 4.69) is 50.6 Å². The SMILES string of the molecule is [C-]#[N+]CCn1c2ccccc2c2c3c(c4c5ccccc5n(C)c4c21)C(=O)NC3. The molecule has 5 nitrogen and oxygen atoms in total. The van der Waals surface area contributed by atoms with Crippen LogP contribution in [0.3, 0.4) is 0 Å². The fraction of sp³-hybridized carbons (Fsp3) is 0.167. The lowest BCUT2D eigenvalue weighted by atomic mass is 9.97. The monoisotopic (exact) mass is 378 g/mol. The van der Waals surface area contributed by atoms with Crippen molar-refractivity contribution in [1.82, 2.24) is 14.5 Å². The van der Waals surface area contributed by atoms with Crippen molar-refractivity contribution in [2.24, 2.45) is 7.05 Å². The molecule has 0 unspecified atom stereocenters. The zero-order valence-corrected chi connectivity index (χ0v) is 16.0. The summed E-state index contributed by atoms with van der Waals surface area (Å²) in [5.41, 5.74) is 6.30. The van der Waals surface area contributed by atoms with Gasteiger partial charge in [-0.15, -0.1) is 0 Å². The molecule has 0 fully saturated rings. The van der Waals surface area contributed by atoms with Gasteiger partial charge in [-0.1, -0.05) is 36.4 Å². The summed E-state index contributed by atoms with van der Waals surface area (Å²) in [6, 6.07) is 16.6. The number of carbonyl (C=O) groups excluding carboxylic acids is 1. The number of amides is 1. The molecule has 1 aliphatic heterocycles. The van der Waals surface area contributed by atoms with Gasteiger partial charge in [-0.05, 0) is 17.7 Å². The van der Waals surface area contributed by atoms with Crippen LogP contribution < -0.4 is 5.32 Å². The van der Waals surface area contributed by atoms with Crippen LogP contribution in [0.1, 0.15) is 15.9 Å². The fourth-order valence-corrected chi connectivity index (χ4v) is 5.12. The molecule has 1 aliphatic rings. The Labute approximate surface area is 166 Å². The van der Waals surface area contributed by atoms with Crippen LogP contribution in [0.4, 0.5) is 0 Å². The average molecular weight is 378 g/mol. The first-order valence-corrected chi connectivity index (χ1v) is 9.76. The number of rotatable bonds is 2. The Bertz CT molecular complexity index is 1540. The highest BCUT2D eigenvalue weighted by molar-refractivity contribution is 6.30. The summed E-state index contributed by atoms with van der Waals surface area (Å²) >= 11 is 0. The number of hydrogen-bond acceptors (Lipinski definition) is 1. The van der Waals surface area contributed by atoms with Gasteiger partial charge in [0.05, 0.1) is 23.1 Å². The molecule has 3 aromatic carbocycles. The third kappa shape index (κ3) is 1.91. The van der Waals surface area contributed by atoms with Crippen molar-refractivity contribution in [3.05, 3.63) is 71.1 Å². The maximum absolute atomic E-state index is 12.9. The third-order valence-corrected chi connectivity index (χ3v) is 6.24. The van der Waals surface area contributed by atoms with Crippen LogP contribution in [0, 0.1) is 6.57 Å². The Morgan fingerprint density at radius 3 is 2.45 bits per heavy atom. The standard InChI is InChI=1S/C24H18N4O/c1-25-11-12-28-18-10-6-4-8-15(18)19-16-13-26-24(29)21(16)20-14-7-3-5-9-17(14)27(2)22(20)23(19)28/h3-10H,11-13H2,2H3,(H,26,29). The lowest BCUT2D eigenvalue weighted by Gasteiger charge is -2.09. The number of carbonyl (C=O) groups is 1. The van der Waals surface area contributed by atoms with Crippen LogP contribution >= 0.6 is 0 Å². The van der Waals surface area contributed by atoms with Crippen LogP contribution in [0.15, 0.2) is 48.5 Å². The minimum absolute atomic E-state index is 0.00115. The lowest BCUT2D eigenvalue weighted by molar-refractivity contribution is 0.0967. The van der Waals surface area contributed by atoms with Gasteiger partial charge in [0.15, 0.2) is 0 Å². The number of para-hydroxylation sites is 2. The summed E-state index contributed by atoms with van der Waals surface area (Å²) in [6.07, 6.45) is 0. The van der Waals surface area contributed by atoms with Crippen molar-refractivity contribution in [2.45, 2.75) is 13.1 Å². The zero-order chi connectivity index (χ0) is 19.7. The fourth-order valence-electron chi connectivity index (χ4n) is 5.12. The maximum atomic E-state index is 12.9. The minimum Gasteiger partial charge on any atom is -0.348 e. The van der Waals surface area contributed by atoms with Gasteiger partial charge in [0, 0.05) is 46.2 Å². The van der Waals surface area contributed by atoms with Gasteiger partial charge in [0.2, 0.25) is 6.54 Å². The second-order valence-electron chi connectivity index (χ2n) is 7.61. The molecular formula is C24H18N4O. The molecule has 2 aromatic heterocycles. The topological polar surface area (TPSA) is 43.3 Å². The van der Waals surface area contributed by atoms with Crippen molar-refractivity contribution >= 4 is 49.5 Å². The van der Waals surface area contributed by atoms with Gasteiger partial charge in [-0.2, -0.15) is 0 Å². The number of aromatic nitrogens is 2. The van der Waals surface area contributed by atoms with Gasteiger partial charge in [-0.25, -0.2) is 6.57 Å². The molecule has 0 spiro atoms. The van der Waals surface area contributed by atoms with Gasteiger partial charge in [0.1, 0.15) is 0 Å². The molecule has 3 heterocycles. The average Bonchev–Trinajstić information content (AvgIpc) is 3.38. The summed E-state index contributed by atoms with van der Waals surface area (Å²) in [4.78, 5) is 16.5. The van der Waals surface area contributed by atoms with Crippen molar-refractivity contribution < 1.29 is 4.79 Å². The van der Waals surface area contributed by atoms with Crippen LogP contribution in [0.25, 0.3) is 48.5 Å². The van der Waals surface area contributed by atoms with E-state index in [0.29, 0.717) is 19.6 Å². The number of hydrogen-bond donors (Lipinski definition) is 1. The van der Waals surface area contributed by atoms with Crippen LogP contribution in [0.2, 0.25) is 0 Å². The number of nitrogens with one attached hydrogen (secondary N) is 1. The molecule has 0 bridgehead atoms. The summed E-state index contributed by atoms with van der Waals surface area (Å²) < 4.78 is 4.47. The molecule has 29 heavy (non-hydrogen) atoms. The Morgan fingerprint density at radius 1 is 1.00 bits per heavy atom. The molecule has 0 radical (unpaired) electrons. The number of nitrogens with zero attached hydrogens (tertiary/aromatic N) is 3. The third-order valence-electron chi connectivity index (χ3n) is 6.24. The molecule has 0 saturated carbocycles. The second kappa shape index (κ2) is 5.62. The van der Waals surface area contributed by atoms with Gasteiger partial charge in [0.25, 0.3) is 5.91 Å². The number of aryl methyl sites for hydroxylation is 1. The van der Waals surface area contributed by atoms with Crippen molar-refractivity contribution in [2.75, 3.05) is 6.54 Å². The first-order chi connectivity index (χ1) is 14.2. The van der Waals surface area contributed by atoms with E-state index < -0.39 is 0 Å². The summed E-state index contributed by atoms with van der Waals surface area (Å²) in [7, 11) is 2.07. The molecular weight excluding hydrogens is 360 g/mol. The van der Waals surface area contributed by atoms with Gasteiger partial charge < -0.3 is 19.3 Å². The molecule has 6 rings (SSSR count). The summed E-state index contributed by atoms with van der Waals surface area (Å²) in [5, 5.41) is 7.46. The normalized spacial score (nSPS) is 13.4. The molecule has 5 heteroatoms. The lowest BCUT2D eigenvalue weighted by Crippen LogP contribution is -2.12. The van der Waals surface area contributed by atoms with Gasteiger partial charge in [-0.3, -0.25) is 4.79 Å². The van der Waals surface area contributed by atoms with E-state index >= 15 is 0 Å². The Kier molecular flexibility index (Phi) is 3.14. The molecule has 0 aliphatic carbocycles. The molecule has 5 aromatic rings. The number of fused-ring (bicyclic) bond motifs is 10. The zero-order valence-electron chi connectivity index (χ0n) is 16.0. The molecule has 0 atom stereocenters. The first kappa shape index (κ1) is 16.2. The quantitative estimate of drug-likeness (QED) is 0.448. The van der Waals surface area contributed by atoms with Crippen molar-refractivity contribution in [3.63, 3.8) is 0 Å². The smallest absolute Gasteiger partial charge is 0.252 e. The highest BCUT2D eigenvalue weighted by Crippen LogP contribution is 2.44. The second-order valence-corrected chi connectivity index (χ2v) is 7.61. The Balaban J connectivity index is 1.99. The van der Waals surface area contributed by atoms with Crippen molar-refractivity contribution in [3.8, 4) is 0 Å². The molecule has 140 valence electrons. The molecule has 1 amide bonds. The maximum Gasteiger partial charge on any atom is 0.252 e. The number of benzene rings is 3. The Hall–Kier alpha value is -3.78. The largest absolute Gasteiger partial charge is 0.348 e. The Morgan fingerprint density at radius 2 is 1.69 bits per heavy atom. The van der Waals surface area contributed by atoms with E-state index in [0.717, 1.165) is 54.7 Å². The van der Waals surface area contributed by atoms with E-state index in [-0.39, 0.29) is 5.91 Å². The van der Waals surface area contributed by atoms with E-state index in [4.69, 9.17) is 6.57 Å². The van der Waals surface area contributed by atoms with E-state index in [1.165, 1.54) is 0 Å². The summed E-state index contributed by atoms with van der Waals surface area (Å²) in [6.45, 7) is 8.91. The molecule has 1 N–H and O–H groups in total. The molecule has 0 saturated heterocycles. The highest BCUT2D eigenvalue weighted by Gasteiger charge is 2.31. The summed E-state index contributed by atoms with van der Waals surface area (Å²) in [5.74, 6) is 0.00115. The van der Waals surface area contributed by atoms with Crippen LogP contribution in [-0.4, -0.2) is 21.6 Å². The highest BCUT2D eigenvalue weighted by atomic mass is 16.1. The minimum atomic E-state index is 0.00115. The van der Waals surface area contributed by atoms with E-state index in [9.17, 15) is 4.79 Å².